The molecule has 0 aliphatic rings. The number of carboxylic acid groups (broad SMARTS) is 1. The number of hydrogen-bond donors (Lipinski definition) is 3. The van der Waals surface area contributed by atoms with Crippen LogP contribution in [0.1, 0.15) is 40.0 Å². The van der Waals surface area contributed by atoms with Gasteiger partial charge in [-0.2, -0.15) is 11.8 Å². The maximum atomic E-state index is 11.0. The summed E-state index contributed by atoms with van der Waals surface area (Å²) in [5.74, 6) is 0.163. The molecule has 5 heteroatoms. The monoisotopic (exact) mass is 263 g/mol. The summed E-state index contributed by atoms with van der Waals surface area (Å²) in [6, 6.07) is 0. The van der Waals surface area contributed by atoms with Crippen molar-refractivity contribution in [1.82, 2.24) is 5.32 Å². The molecule has 17 heavy (non-hydrogen) atoms. The molecular formula is C12H25NO3S. The van der Waals surface area contributed by atoms with Crippen molar-refractivity contribution in [3.8, 4) is 0 Å². The van der Waals surface area contributed by atoms with Crippen molar-refractivity contribution in [2.45, 2.75) is 56.9 Å². The molecule has 0 saturated carbocycles. The quantitative estimate of drug-likeness (QED) is 0.553. The first-order valence-corrected chi connectivity index (χ1v) is 7.10. The van der Waals surface area contributed by atoms with Crippen LogP contribution in [0.5, 0.6) is 0 Å². The Hall–Kier alpha value is -0.260. The minimum absolute atomic E-state index is 0.241. The van der Waals surface area contributed by atoms with E-state index in [1.807, 2.05) is 6.92 Å². The molecule has 0 bridgehead atoms. The molecule has 0 aliphatic carbocycles. The minimum atomic E-state index is -0.819. The molecule has 0 aromatic rings. The highest BCUT2D eigenvalue weighted by atomic mass is 32.2. The van der Waals surface area contributed by atoms with Crippen molar-refractivity contribution in [2.75, 3.05) is 12.8 Å². The van der Waals surface area contributed by atoms with Gasteiger partial charge >= 0.3 is 5.97 Å². The average molecular weight is 263 g/mol. The predicted octanol–water partition coefficient (Wildman–Crippen LogP) is 1.72. The van der Waals surface area contributed by atoms with Crippen molar-refractivity contribution >= 4 is 17.7 Å². The molecule has 3 N–H and O–H groups in total. The fourth-order valence-corrected chi connectivity index (χ4v) is 2.35. The zero-order valence-corrected chi connectivity index (χ0v) is 12.0. The smallest absolute Gasteiger partial charge is 0.323 e. The molecule has 0 amide bonds. The van der Waals surface area contributed by atoms with Gasteiger partial charge in [-0.15, -0.1) is 0 Å². The van der Waals surface area contributed by atoms with E-state index in [1.54, 1.807) is 32.7 Å². The van der Waals surface area contributed by atoms with Crippen molar-refractivity contribution in [3.63, 3.8) is 0 Å². The molecular weight excluding hydrogens is 238 g/mol. The Kier molecular flexibility index (Phi) is 7.83. The minimum Gasteiger partial charge on any atom is -0.480 e. The van der Waals surface area contributed by atoms with Gasteiger partial charge in [0.1, 0.15) is 5.54 Å². The summed E-state index contributed by atoms with van der Waals surface area (Å²) in [4.78, 5) is 11.0. The van der Waals surface area contributed by atoms with E-state index in [0.717, 1.165) is 18.6 Å². The van der Waals surface area contributed by atoms with Crippen molar-refractivity contribution in [3.05, 3.63) is 0 Å². The van der Waals surface area contributed by atoms with Gasteiger partial charge in [-0.25, -0.2) is 0 Å². The van der Waals surface area contributed by atoms with Gasteiger partial charge in [0.25, 0.3) is 0 Å². The second-order valence-corrected chi connectivity index (χ2v) is 6.15. The van der Waals surface area contributed by atoms with Crippen LogP contribution in [0.4, 0.5) is 0 Å². The molecule has 0 saturated heterocycles. The van der Waals surface area contributed by atoms with Crippen LogP contribution in [0.15, 0.2) is 0 Å². The fourth-order valence-electron chi connectivity index (χ4n) is 1.33. The van der Waals surface area contributed by atoms with Crippen LogP contribution < -0.4 is 5.32 Å². The number of aliphatic hydroxyl groups is 1. The van der Waals surface area contributed by atoms with E-state index in [2.05, 4.69) is 5.32 Å². The Morgan fingerprint density at radius 2 is 2.00 bits per heavy atom. The summed E-state index contributed by atoms with van der Waals surface area (Å²) >= 11 is 1.73. The first-order valence-electron chi connectivity index (χ1n) is 6.05. The molecule has 0 radical (unpaired) electrons. The van der Waals surface area contributed by atoms with Gasteiger partial charge < -0.3 is 15.5 Å². The fraction of sp³-hybridized carbons (Fsp3) is 0.917. The highest BCUT2D eigenvalue weighted by Gasteiger charge is 2.30. The third-order valence-corrected chi connectivity index (χ3v) is 4.60. The van der Waals surface area contributed by atoms with Gasteiger partial charge in [0.15, 0.2) is 0 Å². The van der Waals surface area contributed by atoms with Crippen molar-refractivity contribution in [1.29, 1.82) is 0 Å². The number of thioether (sulfide) groups is 1. The Bertz CT molecular complexity index is 236. The lowest BCUT2D eigenvalue weighted by Crippen LogP contribution is -2.47. The summed E-state index contributed by atoms with van der Waals surface area (Å²) in [6.45, 7) is 5.51. The van der Waals surface area contributed by atoms with Crippen LogP contribution in [0.2, 0.25) is 0 Å². The topological polar surface area (TPSA) is 69.6 Å². The maximum Gasteiger partial charge on any atom is 0.323 e. The van der Waals surface area contributed by atoms with Crippen LogP contribution in [0.25, 0.3) is 0 Å². The number of carbonyl (C=O) groups is 1. The summed E-state index contributed by atoms with van der Waals surface area (Å²) in [5.41, 5.74) is -0.819. The molecule has 3 atom stereocenters. The van der Waals surface area contributed by atoms with E-state index >= 15 is 0 Å². The van der Waals surface area contributed by atoms with Gasteiger partial charge in [-0.3, -0.25) is 4.79 Å². The van der Waals surface area contributed by atoms with E-state index in [4.69, 9.17) is 5.11 Å². The van der Waals surface area contributed by atoms with Crippen LogP contribution in [-0.2, 0) is 4.79 Å². The summed E-state index contributed by atoms with van der Waals surface area (Å²) in [5, 5.41) is 21.4. The number of rotatable bonds is 9. The lowest BCUT2D eigenvalue weighted by Gasteiger charge is -2.24. The van der Waals surface area contributed by atoms with E-state index in [0.29, 0.717) is 6.42 Å². The molecule has 0 spiro atoms. The van der Waals surface area contributed by atoms with Crippen molar-refractivity contribution in [2.24, 2.45) is 0 Å². The molecule has 4 nitrogen and oxygen atoms in total. The zero-order valence-electron chi connectivity index (χ0n) is 11.2. The second-order valence-electron chi connectivity index (χ2n) is 4.66. The lowest BCUT2D eigenvalue weighted by atomic mass is 9.95. The van der Waals surface area contributed by atoms with Gasteiger partial charge in [0.2, 0.25) is 0 Å². The average Bonchev–Trinajstić information content (AvgIpc) is 2.27. The largest absolute Gasteiger partial charge is 0.480 e. The van der Waals surface area contributed by atoms with Crippen LogP contribution in [-0.4, -0.2) is 45.9 Å². The van der Waals surface area contributed by atoms with Gasteiger partial charge in [-0.1, -0.05) is 13.3 Å². The number of likely N-dealkylation sites (N-methyl/N-ethyl adjacent to an activating group) is 1. The SMILES string of the molecule is CNC(C)(CCCCSC(C)C(C)O)C(=O)O. The Balaban J connectivity index is 3.74. The third-order valence-electron chi connectivity index (χ3n) is 3.16. The first kappa shape index (κ1) is 16.7. The second kappa shape index (κ2) is 7.95. The first-order chi connectivity index (χ1) is 7.83. The van der Waals surface area contributed by atoms with Gasteiger partial charge in [-0.05, 0) is 39.5 Å². The normalized spacial score (nSPS) is 18.4. The number of carboxylic acids is 1. The summed E-state index contributed by atoms with van der Waals surface area (Å²) in [7, 11) is 1.68. The molecule has 0 aromatic heterocycles. The van der Waals surface area contributed by atoms with Crippen LogP contribution in [0, 0.1) is 0 Å². The third kappa shape index (κ3) is 6.29. The van der Waals surface area contributed by atoms with E-state index < -0.39 is 11.5 Å². The summed E-state index contributed by atoms with van der Waals surface area (Å²) < 4.78 is 0. The van der Waals surface area contributed by atoms with Gasteiger partial charge in [0.05, 0.1) is 6.10 Å². The number of nitrogens with one attached hydrogen (secondary N) is 1. The molecule has 0 aliphatic heterocycles. The standard InChI is InChI=1S/C12H25NO3S/c1-9(14)10(2)17-8-6-5-7-12(3,13-4)11(15)16/h9-10,13-14H,5-8H2,1-4H3,(H,15,16). The molecule has 0 fully saturated rings. The van der Waals surface area contributed by atoms with E-state index in [9.17, 15) is 9.90 Å². The Morgan fingerprint density at radius 1 is 1.41 bits per heavy atom. The van der Waals surface area contributed by atoms with E-state index in [1.165, 1.54) is 0 Å². The van der Waals surface area contributed by atoms with Crippen LogP contribution >= 0.6 is 11.8 Å². The molecule has 0 aromatic carbocycles. The molecule has 102 valence electrons. The highest BCUT2D eigenvalue weighted by Crippen LogP contribution is 2.19. The highest BCUT2D eigenvalue weighted by molar-refractivity contribution is 7.99. The van der Waals surface area contributed by atoms with Crippen molar-refractivity contribution < 1.29 is 15.0 Å². The van der Waals surface area contributed by atoms with E-state index in [-0.39, 0.29) is 11.4 Å². The summed E-state index contributed by atoms with van der Waals surface area (Å²) in [6.07, 6.45) is 2.19. The number of aliphatic carboxylic acids is 1. The number of unbranched alkanes of at least 4 members (excludes halogenated alkanes) is 1. The molecule has 3 unspecified atom stereocenters. The lowest BCUT2D eigenvalue weighted by molar-refractivity contribution is -0.144. The molecule has 0 rings (SSSR count). The molecule has 0 heterocycles. The maximum absolute atomic E-state index is 11.0. The van der Waals surface area contributed by atoms with Crippen LogP contribution in [0.3, 0.4) is 0 Å². The van der Waals surface area contributed by atoms with Gasteiger partial charge in [0, 0.05) is 5.25 Å². The Labute approximate surface area is 108 Å². The predicted molar refractivity (Wildman–Crippen MR) is 72.6 cm³/mol. The Morgan fingerprint density at radius 3 is 2.41 bits per heavy atom. The number of aliphatic hydroxyl groups excluding tert-OH is 1. The number of hydrogen-bond acceptors (Lipinski definition) is 4. The zero-order chi connectivity index (χ0) is 13.5.